The largest absolute Gasteiger partial charge is 0.497 e. The summed E-state index contributed by atoms with van der Waals surface area (Å²) in [5, 5.41) is 25.4. The zero-order valence-electron chi connectivity index (χ0n) is 33.3. The van der Waals surface area contributed by atoms with Crippen LogP contribution in [0.5, 0.6) is 17.2 Å². The topological polar surface area (TPSA) is 205 Å². The molecule has 2 N–H and O–H groups in total. The first-order valence-electron chi connectivity index (χ1n) is 18.8. The average Bonchev–Trinajstić information content (AvgIpc) is 3.74. The van der Waals surface area contributed by atoms with Gasteiger partial charge in [-0.3, -0.25) is 4.98 Å². The predicted molar refractivity (Wildman–Crippen MR) is 227 cm³/mol. The summed E-state index contributed by atoms with van der Waals surface area (Å²) < 4.78 is 77.8. The molecule has 314 valence electrons. The lowest BCUT2D eigenvalue weighted by molar-refractivity contribution is 0.195. The molecule has 61 heavy (non-hydrogen) atoms. The second kappa shape index (κ2) is 18.2. The summed E-state index contributed by atoms with van der Waals surface area (Å²) in [6.45, 7) is -0.775. The summed E-state index contributed by atoms with van der Waals surface area (Å²) in [6.07, 6.45) is 0.136. The van der Waals surface area contributed by atoms with Gasteiger partial charge in [0.15, 0.2) is 9.84 Å². The zero-order chi connectivity index (χ0) is 43.1. The van der Waals surface area contributed by atoms with Crippen molar-refractivity contribution >= 4 is 36.9 Å². The van der Waals surface area contributed by atoms with Crippen molar-refractivity contribution in [1.82, 2.24) is 34.8 Å². The van der Waals surface area contributed by atoms with Gasteiger partial charge in [-0.1, -0.05) is 60.7 Å². The van der Waals surface area contributed by atoms with E-state index >= 15 is 8.42 Å². The number of fused-ring (bicyclic) bond motifs is 1. The third-order valence-electron chi connectivity index (χ3n) is 9.84. The van der Waals surface area contributed by atoms with Gasteiger partial charge in [-0.2, -0.15) is 9.10 Å². The molecule has 2 aromatic heterocycles. The van der Waals surface area contributed by atoms with Crippen molar-refractivity contribution in [3.63, 3.8) is 0 Å². The van der Waals surface area contributed by atoms with E-state index in [0.717, 1.165) is 5.56 Å². The normalized spacial score (nSPS) is 11.7. The van der Waals surface area contributed by atoms with Gasteiger partial charge < -0.3 is 24.6 Å². The molecule has 0 aliphatic carbocycles. The molecule has 0 aliphatic heterocycles. The molecule has 5 aromatic carbocycles. The van der Waals surface area contributed by atoms with Crippen molar-refractivity contribution in [3.8, 4) is 39.8 Å². The lowest BCUT2D eigenvalue weighted by Gasteiger charge is -2.26. The molecule has 0 aliphatic rings. The van der Waals surface area contributed by atoms with Crippen LogP contribution in [0.15, 0.2) is 131 Å². The molecule has 0 atom stereocenters. The second-order valence-corrected chi connectivity index (χ2v) is 17.7. The fourth-order valence-electron chi connectivity index (χ4n) is 6.77. The summed E-state index contributed by atoms with van der Waals surface area (Å²) >= 11 is 0. The Kier molecular flexibility index (Phi) is 12.6. The van der Waals surface area contributed by atoms with Crippen LogP contribution in [0.25, 0.3) is 33.4 Å². The molecule has 0 unspecified atom stereocenters. The molecule has 0 radical (unpaired) electrons. The van der Waals surface area contributed by atoms with Crippen LogP contribution in [0.1, 0.15) is 16.7 Å². The zero-order valence-corrected chi connectivity index (χ0v) is 34.9. The number of hydrogen-bond donors (Lipinski definition) is 2. The van der Waals surface area contributed by atoms with Gasteiger partial charge in [0.1, 0.15) is 22.1 Å². The quantitative estimate of drug-likeness (QED) is 0.107. The maximum absolute atomic E-state index is 15.8. The van der Waals surface area contributed by atoms with Gasteiger partial charge in [-0.25, -0.2) is 21.6 Å². The Labute approximate surface area is 352 Å². The molecule has 18 heteroatoms. The molecule has 0 saturated carbocycles. The van der Waals surface area contributed by atoms with Crippen molar-refractivity contribution < 1.29 is 40.9 Å². The lowest BCUT2D eigenvalue weighted by atomic mass is 9.96. The average molecular weight is 864 g/mol. The van der Waals surface area contributed by atoms with Crippen LogP contribution in [0.2, 0.25) is 0 Å². The van der Waals surface area contributed by atoms with Gasteiger partial charge in [-0.15, -0.1) is 10.2 Å². The van der Waals surface area contributed by atoms with Crippen molar-refractivity contribution in [3.05, 3.63) is 138 Å². The number of carboxylic acid groups (broad SMARTS) is 1. The smallest absolute Gasteiger partial charge is 0.404 e. The van der Waals surface area contributed by atoms with Crippen molar-refractivity contribution in [2.75, 3.05) is 33.6 Å². The standard InChI is InChI=1S/C43H41N7O9S2/c1-57-32-14-8-29(9-15-32)26-49(27-30-10-16-33(58-2)17-11-30)61(55,56)41-39(60(53,54)25-24-45-43(51)52)21-20-37(35-22-23-44-38-7-5-4-6-36(35)38)40(41)42-46-48-50(47-42)28-31-12-18-34(59-3)19-13-31/h4-23,45H,24-28H2,1-3H3,(H,51,52). The maximum Gasteiger partial charge on any atom is 0.404 e. The highest BCUT2D eigenvalue weighted by Gasteiger charge is 2.38. The minimum Gasteiger partial charge on any atom is -0.497 e. The van der Waals surface area contributed by atoms with E-state index in [1.807, 2.05) is 30.3 Å². The highest BCUT2D eigenvalue weighted by molar-refractivity contribution is 7.93. The number of tetrazole rings is 1. The first kappa shape index (κ1) is 42.2. The number of amides is 1. The van der Waals surface area contributed by atoms with Crippen LogP contribution in [0.3, 0.4) is 0 Å². The van der Waals surface area contributed by atoms with E-state index in [1.54, 1.807) is 86.1 Å². The number of carbonyl (C=O) groups is 1. The number of aromatic nitrogens is 5. The van der Waals surface area contributed by atoms with Crippen LogP contribution in [-0.2, 0) is 39.5 Å². The summed E-state index contributed by atoms with van der Waals surface area (Å²) in [5.41, 5.74) is 3.23. The minimum atomic E-state index is -4.90. The molecule has 2 heterocycles. The third kappa shape index (κ3) is 9.46. The Morgan fingerprint density at radius 2 is 1.30 bits per heavy atom. The summed E-state index contributed by atoms with van der Waals surface area (Å²) in [4.78, 5) is 16.0. The Hall–Kier alpha value is -6.89. The molecule has 0 fully saturated rings. The fraction of sp³-hybridized carbons (Fsp3) is 0.186. The maximum atomic E-state index is 15.8. The van der Waals surface area contributed by atoms with E-state index in [-0.39, 0.29) is 36.6 Å². The first-order valence-corrected chi connectivity index (χ1v) is 21.9. The second-order valence-electron chi connectivity index (χ2n) is 13.7. The molecule has 16 nitrogen and oxygen atoms in total. The monoisotopic (exact) mass is 863 g/mol. The highest BCUT2D eigenvalue weighted by Crippen LogP contribution is 2.43. The van der Waals surface area contributed by atoms with Crippen LogP contribution in [0.4, 0.5) is 4.79 Å². The van der Waals surface area contributed by atoms with Gasteiger partial charge in [0.05, 0.1) is 49.6 Å². The number of rotatable bonds is 17. The number of para-hydroxylation sites is 1. The Bertz CT molecular complexity index is 2840. The van der Waals surface area contributed by atoms with Gasteiger partial charge >= 0.3 is 6.09 Å². The summed E-state index contributed by atoms with van der Waals surface area (Å²) in [7, 11) is -4.86. The first-order chi connectivity index (χ1) is 29.4. The van der Waals surface area contributed by atoms with Crippen LogP contribution >= 0.6 is 0 Å². The molecule has 7 rings (SSSR count). The predicted octanol–water partition coefficient (Wildman–Crippen LogP) is 6.06. The van der Waals surface area contributed by atoms with E-state index in [9.17, 15) is 18.3 Å². The molecule has 7 aromatic rings. The molecule has 0 saturated heterocycles. The molecular weight excluding hydrogens is 823 g/mol. The van der Waals surface area contributed by atoms with E-state index in [4.69, 9.17) is 14.2 Å². The molecular formula is C43H41N7O9S2. The Morgan fingerprint density at radius 3 is 1.87 bits per heavy atom. The number of sulfone groups is 1. The Morgan fingerprint density at radius 1 is 0.721 bits per heavy atom. The van der Waals surface area contributed by atoms with Crippen molar-refractivity contribution in [1.29, 1.82) is 0 Å². The number of nitrogens with zero attached hydrogens (tertiary/aromatic N) is 6. The SMILES string of the molecule is COc1ccc(CN(Cc2ccc(OC)cc2)S(=O)(=O)c2c(S(=O)(=O)CCNC(=O)O)ccc(-c3ccnc4ccccc34)c2-c2nnn(Cc3ccc(OC)cc3)n2)cc1. The lowest BCUT2D eigenvalue weighted by Crippen LogP contribution is -2.33. The van der Waals surface area contributed by atoms with Crippen LogP contribution < -0.4 is 19.5 Å². The number of nitrogens with one attached hydrogen (secondary N) is 1. The van der Waals surface area contributed by atoms with Crippen molar-refractivity contribution in [2.45, 2.75) is 29.4 Å². The van der Waals surface area contributed by atoms with E-state index in [1.165, 1.54) is 35.5 Å². The number of benzene rings is 5. The number of hydrogen-bond acceptors (Lipinski definition) is 12. The van der Waals surface area contributed by atoms with Gasteiger partial charge in [0.2, 0.25) is 15.8 Å². The van der Waals surface area contributed by atoms with E-state index in [2.05, 4.69) is 25.7 Å². The number of pyridine rings is 1. The van der Waals surface area contributed by atoms with Gasteiger partial charge in [0.25, 0.3) is 0 Å². The molecule has 0 bridgehead atoms. The van der Waals surface area contributed by atoms with Crippen molar-refractivity contribution in [2.24, 2.45) is 0 Å². The number of methoxy groups -OCH3 is 3. The van der Waals surface area contributed by atoms with Crippen LogP contribution in [-0.4, -0.2) is 91.2 Å². The number of sulfonamides is 1. The summed E-state index contributed by atoms with van der Waals surface area (Å²) in [5.74, 6) is 0.830. The Balaban J connectivity index is 1.50. The van der Waals surface area contributed by atoms with Crippen LogP contribution in [0, 0.1) is 0 Å². The number of ether oxygens (including phenoxy) is 3. The van der Waals surface area contributed by atoms with E-state index in [0.29, 0.717) is 44.8 Å². The minimum absolute atomic E-state index is 0.126. The molecule has 0 spiro atoms. The highest BCUT2D eigenvalue weighted by atomic mass is 32.2. The summed E-state index contributed by atoms with van der Waals surface area (Å²) in [6, 6.07) is 32.6. The van der Waals surface area contributed by atoms with Gasteiger partial charge in [0, 0.05) is 31.2 Å². The van der Waals surface area contributed by atoms with Gasteiger partial charge in [-0.05, 0) is 87.6 Å². The third-order valence-corrected chi connectivity index (χ3v) is 13.6. The van der Waals surface area contributed by atoms with E-state index < -0.39 is 48.0 Å². The molecule has 1 amide bonds. The fourth-order valence-corrected chi connectivity index (χ4v) is 10.4.